The van der Waals surface area contributed by atoms with Crippen LogP contribution in [0.15, 0.2) is 0 Å². The molecule has 2 rings (SSSR count). The number of carbonyl (C=O) groups excluding carboxylic acids is 1. The Morgan fingerprint density at radius 2 is 2.30 bits per heavy atom. The molecule has 6 heteroatoms. The van der Waals surface area contributed by atoms with E-state index in [0.717, 1.165) is 12.2 Å². The minimum absolute atomic E-state index is 0.0685. The Hall–Kier alpha value is -1.17. The highest BCUT2D eigenvalue weighted by atomic mass is 32.2. The van der Waals surface area contributed by atoms with Gasteiger partial charge in [0.1, 0.15) is 5.56 Å². The summed E-state index contributed by atoms with van der Waals surface area (Å²) in [7, 11) is 3.35. The SMILES string of the molecule is CCSC1CCCC1NC(=O)c1c(C)nn(C)c1OC. The summed E-state index contributed by atoms with van der Waals surface area (Å²) in [5.41, 5.74) is 1.27. The van der Waals surface area contributed by atoms with E-state index in [1.54, 1.807) is 18.8 Å². The standard InChI is InChI=1S/C14H23N3O2S/c1-5-20-11-8-6-7-10(11)15-13(18)12-9(2)16-17(3)14(12)19-4/h10-11H,5-8H2,1-4H3,(H,15,18). The van der Waals surface area contributed by atoms with Gasteiger partial charge < -0.3 is 10.1 Å². The summed E-state index contributed by atoms with van der Waals surface area (Å²) in [5, 5.41) is 7.96. The number of amides is 1. The maximum Gasteiger partial charge on any atom is 0.258 e. The van der Waals surface area contributed by atoms with Gasteiger partial charge in [-0.05, 0) is 25.5 Å². The van der Waals surface area contributed by atoms with Crippen molar-refractivity contribution in [2.24, 2.45) is 7.05 Å². The second kappa shape index (κ2) is 6.52. The summed E-state index contributed by atoms with van der Waals surface area (Å²) in [6, 6.07) is 0.261. The van der Waals surface area contributed by atoms with Crippen LogP contribution in [0.25, 0.3) is 0 Å². The van der Waals surface area contributed by atoms with Crippen LogP contribution in [0.5, 0.6) is 5.88 Å². The first-order valence-electron chi connectivity index (χ1n) is 7.08. The van der Waals surface area contributed by atoms with E-state index in [-0.39, 0.29) is 11.9 Å². The molecule has 0 bridgehead atoms. The van der Waals surface area contributed by atoms with Crippen molar-refractivity contribution in [2.45, 2.75) is 44.4 Å². The van der Waals surface area contributed by atoms with Gasteiger partial charge in [-0.2, -0.15) is 16.9 Å². The van der Waals surface area contributed by atoms with Gasteiger partial charge in [-0.3, -0.25) is 4.79 Å². The Morgan fingerprint density at radius 1 is 1.55 bits per heavy atom. The summed E-state index contributed by atoms with van der Waals surface area (Å²) < 4.78 is 6.90. The van der Waals surface area contributed by atoms with E-state index in [1.165, 1.54) is 12.8 Å². The normalized spacial score (nSPS) is 22.0. The first-order valence-corrected chi connectivity index (χ1v) is 8.13. The van der Waals surface area contributed by atoms with Gasteiger partial charge in [0.05, 0.1) is 12.8 Å². The fourth-order valence-corrected chi connectivity index (χ4v) is 4.08. The van der Waals surface area contributed by atoms with Crippen LogP contribution in [-0.4, -0.2) is 39.8 Å². The van der Waals surface area contributed by atoms with Crippen molar-refractivity contribution in [2.75, 3.05) is 12.9 Å². The summed E-state index contributed by atoms with van der Waals surface area (Å²) in [6.07, 6.45) is 3.43. The molecule has 112 valence electrons. The molecular weight excluding hydrogens is 274 g/mol. The monoisotopic (exact) mass is 297 g/mol. The summed E-state index contributed by atoms with van der Waals surface area (Å²) in [6.45, 7) is 4.00. The van der Waals surface area contributed by atoms with E-state index < -0.39 is 0 Å². The van der Waals surface area contributed by atoms with Crippen molar-refractivity contribution < 1.29 is 9.53 Å². The lowest BCUT2D eigenvalue weighted by Crippen LogP contribution is -2.39. The van der Waals surface area contributed by atoms with Gasteiger partial charge in [0.25, 0.3) is 5.91 Å². The van der Waals surface area contributed by atoms with E-state index >= 15 is 0 Å². The average Bonchev–Trinajstić information content (AvgIpc) is 2.94. The number of aryl methyl sites for hydroxylation is 2. The number of nitrogens with one attached hydrogen (secondary N) is 1. The van der Waals surface area contributed by atoms with Crippen LogP contribution in [0.1, 0.15) is 42.2 Å². The van der Waals surface area contributed by atoms with E-state index in [1.807, 2.05) is 18.7 Å². The number of carbonyl (C=O) groups is 1. The predicted octanol–water partition coefficient (Wildman–Crippen LogP) is 2.14. The zero-order chi connectivity index (χ0) is 14.7. The van der Waals surface area contributed by atoms with Gasteiger partial charge in [0.2, 0.25) is 5.88 Å². The molecule has 1 N–H and O–H groups in total. The number of thioether (sulfide) groups is 1. The highest BCUT2D eigenvalue weighted by Gasteiger charge is 2.30. The topological polar surface area (TPSA) is 56.2 Å². The molecule has 0 radical (unpaired) electrons. The van der Waals surface area contributed by atoms with Crippen LogP contribution >= 0.6 is 11.8 Å². The first kappa shape index (κ1) is 15.2. The molecule has 20 heavy (non-hydrogen) atoms. The minimum Gasteiger partial charge on any atom is -0.481 e. The molecule has 0 spiro atoms. The van der Waals surface area contributed by atoms with Crippen molar-refractivity contribution in [3.8, 4) is 5.88 Å². The molecule has 1 aromatic rings. The largest absolute Gasteiger partial charge is 0.481 e. The van der Waals surface area contributed by atoms with Gasteiger partial charge in [0, 0.05) is 18.3 Å². The fourth-order valence-electron chi connectivity index (χ4n) is 2.88. The molecule has 0 saturated heterocycles. The van der Waals surface area contributed by atoms with Crippen LogP contribution in [0.2, 0.25) is 0 Å². The number of hydrogen-bond donors (Lipinski definition) is 1. The van der Waals surface area contributed by atoms with E-state index in [0.29, 0.717) is 22.4 Å². The zero-order valence-electron chi connectivity index (χ0n) is 12.6. The molecule has 0 aliphatic heterocycles. The van der Waals surface area contributed by atoms with Crippen molar-refractivity contribution in [1.29, 1.82) is 0 Å². The summed E-state index contributed by atoms with van der Waals surface area (Å²) in [4.78, 5) is 12.5. The number of ether oxygens (including phenoxy) is 1. The van der Waals surface area contributed by atoms with Gasteiger partial charge in [-0.1, -0.05) is 13.3 Å². The summed E-state index contributed by atoms with van der Waals surface area (Å²) >= 11 is 1.94. The van der Waals surface area contributed by atoms with Crippen molar-refractivity contribution in [3.63, 3.8) is 0 Å². The van der Waals surface area contributed by atoms with Crippen molar-refractivity contribution in [3.05, 3.63) is 11.3 Å². The maximum atomic E-state index is 12.5. The molecule has 0 aromatic carbocycles. The molecule has 1 saturated carbocycles. The van der Waals surface area contributed by atoms with Crippen LogP contribution in [0.3, 0.4) is 0 Å². The number of aromatic nitrogens is 2. The second-order valence-electron chi connectivity index (χ2n) is 5.10. The molecule has 1 aliphatic rings. The summed E-state index contributed by atoms with van der Waals surface area (Å²) in [5.74, 6) is 1.55. The third-order valence-electron chi connectivity index (χ3n) is 3.74. The molecule has 5 nitrogen and oxygen atoms in total. The number of hydrogen-bond acceptors (Lipinski definition) is 4. The van der Waals surface area contributed by atoms with Crippen LogP contribution in [0, 0.1) is 6.92 Å². The van der Waals surface area contributed by atoms with Gasteiger partial charge in [-0.25, -0.2) is 4.68 Å². The van der Waals surface area contributed by atoms with Crippen LogP contribution in [0.4, 0.5) is 0 Å². The Bertz CT molecular complexity index is 487. The predicted molar refractivity (Wildman–Crippen MR) is 81.5 cm³/mol. The molecule has 1 fully saturated rings. The lowest BCUT2D eigenvalue weighted by atomic mass is 10.2. The van der Waals surface area contributed by atoms with E-state index in [4.69, 9.17) is 4.74 Å². The molecule has 1 aromatic heterocycles. The Kier molecular flexibility index (Phi) is 4.96. The highest BCUT2D eigenvalue weighted by molar-refractivity contribution is 7.99. The van der Waals surface area contributed by atoms with E-state index in [9.17, 15) is 4.79 Å². The number of nitrogens with zero attached hydrogens (tertiary/aromatic N) is 2. The van der Waals surface area contributed by atoms with Crippen LogP contribution < -0.4 is 10.1 Å². The Balaban J connectivity index is 2.12. The second-order valence-corrected chi connectivity index (χ2v) is 6.61. The quantitative estimate of drug-likeness (QED) is 0.904. The zero-order valence-corrected chi connectivity index (χ0v) is 13.4. The van der Waals surface area contributed by atoms with Crippen molar-refractivity contribution in [1.82, 2.24) is 15.1 Å². The van der Waals surface area contributed by atoms with Crippen molar-refractivity contribution >= 4 is 17.7 Å². The molecular formula is C14H23N3O2S. The van der Waals surface area contributed by atoms with Crippen LogP contribution in [-0.2, 0) is 7.05 Å². The third kappa shape index (κ3) is 2.95. The van der Waals surface area contributed by atoms with E-state index in [2.05, 4.69) is 17.3 Å². The third-order valence-corrected chi connectivity index (χ3v) is 5.07. The maximum absolute atomic E-state index is 12.5. The molecule has 2 unspecified atom stereocenters. The lowest BCUT2D eigenvalue weighted by Gasteiger charge is -2.20. The molecule has 1 heterocycles. The Labute approximate surface area is 124 Å². The Morgan fingerprint density at radius 3 is 2.95 bits per heavy atom. The first-order chi connectivity index (χ1) is 9.58. The highest BCUT2D eigenvalue weighted by Crippen LogP contribution is 2.30. The number of methoxy groups -OCH3 is 1. The van der Waals surface area contributed by atoms with Gasteiger partial charge in [0.15, 0.2) is 0 Å². The van der Waals surface area contributed by atoms with Gasteiger partial charge >= 0.3 is 0 Å². The molecule has 2 atom stereocenters. The molecule has 1 aliphatic carbocycles. The number of rotatable bonds is 5. The average molecular weight is 297 g/mol. The van der Waals surface area contributed by atoms with Gasteiger partial charge in [-0.15, -0.1) is 0 Å². The smallest absolute Gasteiger partial charge is 0.258 e. The fraction of sp³-hybridized carbons (Fsp3) is 0.714. The minimum atomic E-state index is -0.0685. The lowest BCUT2D eigenvalue weighted by molar-refractivity contribution is 0.0934. The molecule has 1 amide bonds.